The van der Waals surface area contributed by atoms with Crippen molar-refractivity contribution in [1.82, 2.24) is 24.9 Å². The first-order chi connectivity index (χ1) is 9.13. The van der Waals surface area contributed by atoms with E-state index in [4.69, 9.17) is 0 Å². The quantitative estimate of drug-likeness (QED) is 0.817. The molecule has 0 radical (unpaired) electrons. The van der Waals surface area contributed by atoms with Crippen LogP contribution in [0, 0.1) is 0 Å². The Bertz CT molecular complexity index is 551. The van der Waals surface area contributed by atoms with Gasteiger partial charge in [0.1, 0.15) is 0 Å². The number of rotatable bonds is 6. The number of carbonyl (C=O) groups excluding carboxylic acids is 1. The minimum atomic E-state index is 0.0119. The first-order valence-electron chi connectivity index (χ1n) is 5.76. The van der Waals surface area contributed by atoms with Gasteiger partial charge in [-0.25, -0.2) is 0 Å². The third kappa shape index (κ3) is 4.79. The van der Waals surface area contributed by atoms with Crippen LogP contribution in [-0.4, -0.2) is 32.0 Å². The van der Waals surface area contributed by atoms with Crippen LogP contribution >= 0.6 is 31.9 Å². The smallest absolute Gasteiger partial charge is 0.221 e. The van der Waals surface area contributed by atoms with Crippen molar-refractivity contribution in [1.29, 1.82) is 0 Å². The highest BCUT2D eigenvalue weighted by Crippen LogP contribution is 2.06. The summed E-state index contributed by atoms with van der Waals surface area (Å²) in [5.41, 5.74) is 0. The van der Waals surface area contributed by atoms with Crippen LogP contribution in [0.25, 0.3) is 0 Å². The van der Waals surface area contributed by atoms with Crippen molar-refractivity contribution in [2.24, 2.45) is 0 Å². The Morgan fingerprint density at radius 2 is 1.68 bits per heavy atom. The van der Waals surface area contributed by atoms with Crippen LogP contribution < -0.4 is 5.32 Å². The molecule has 0 aliphatic carbocycles. The summed E-state index contributed by atoms with van der Waals surface area (Å²) in [6.45, 7) is 1.80. The molecule has 0 unspecified atom stereocenters. The predicted octanol–water partition coefficient (Wildman–Crippen LogP) is 1.81. The van der Waals surface area contributed by atoms with Gasteiger partial charge in [0.15, 0.2) is 0 Å². The summed E-state index contributed by atoms with van der Waals surface area (Å²) in [6, 6.07) is 0. The maximum Gasteiger partial charge on any atom is 0.221 e. The first kappa shape index (κ1) is 14.3. The van der Waals surface area contributed by atoms with E-state index >= 15 is 0 Å². The highest BCUT2D eigenvalue weighted by atomic mass is 79.9. The van der Waals surface area contributed by atoms with Gasteiger partial charge in [0.2, 0.25) is 5.91 Å². The zero-order chi connectivity index (χ0) is 13.7. The number of nitrogens with one attached hydrogen (secondary N) is 1. The summed E-state index contributed by atoms with van der Waals surface area (Å²) in [5.74, 6) is 0.0119. The molecule has 102 valence electrons. The second-order valence-corrected chi connectivity index (χ2v) is 5.77. The van der Waals surface area contributed by atoms with Crippen LogP contribution in [0.15, 0.2) is 33.7 Å². The fraction of sp³-hybridized carbons (Fsp3) is 0.364. The van der Waals surface area contributed by atoms with Gasteiger partial charge in [-0.05, 0) is 31.9 Å². The molecule has 2 rings (SSSR count). The Morgan fingerprint density at radius 3 is 2.21 bits per heavy atom. The maximum atomic E-state index is 11.6. The molecule has 2 aromatic rings. The van der Waals surface area contributed by atoms with Gasteiger partial charge in [-0.2, -0.15) is 10.2 Å². The van der Waals surface area contributed by atoms with E-state index in [1.54, 1.807) is 21.8 Å². The summed E-state index contributed by atoms with van der Waals surface area (Å²) in [4.78, 5) is 11.6. The molecule has 6 nitrogen and oxygen atoms in total. The van der Waals surface area contributed by atoms with Crippen LogP contribution in [-0.2, 0) is 17.9 Å². The first-order valence-corrected chi connectivity index (χ1v) is 7.35. The fourth-order valence-corrected chi connectivity index (χ4v) is 2.19. The zero-order valence-corrected chi connectivity index (χ0v) is 13.3. The monoisotopic (exact) mass is 389 g/mol. The van der Waals surface area contributed by atoms with Crippen molar-refractivity contribution >= 4 is 37.8 Å². The zero-order valence-electron chi connectivity index (χ0n) is 10.1. The van der Waals surface area contributed by atoms with Crippen LogP contribution in [0.2, 0.25) is 0 Å². The molecule has 0 aliphatic rings. The topological polar surface area (TPSA) is 64.7 Å². The minimum Gasteiger partial charge on any atom is -0.354 e. The Kier molecular flexibility index (Phi) is 5.15. The molecule has 0 spiro atoms. The van der Waals surface area contributed by atoms with Gasteiger partial charge >= 0.3 is 0 Å². The number of hydrogen-bond acceptors (Lipinski definition) is 3. The van der Waals surface area contributed by atoms with Gasteiger partial charge in [0, 0.05) is 31.9 Å². The number of amides is 1. The van der Waals surface area contributed by atoms with Gasteiger partial charge < -0.3 is 5.32 Å². The number of carbonyl (C=O) groups is 1. The van der Waals surface area contributed by atoms with Gasteiger partial charge in [0.25, 0.3) is 0 Å². The van der Waals surface area contributed by atoms with E-state index in [1.165, 1.54) is 0 Å². The van der Waals surface area contributed by atoms with Gasteiger partial charge in [-0.15, -0.1) is 0 Å². The summed E-state index contributed by atoms with van der Waals surface area (Å²) in [7, 11) is 0. The van der Waals surface area contributed by atoms with Gasteiger partial charge in [-0.3, -0.25) is 14.2 Å². The van der Waals surface area contributed by atoms with Crippen molar-refractivity contribution in [2.45, 2.75) is 19.5 Å². The molecule has 0 aliphatic heterocycles. The van der Waals surface area contributed by atoms with Crippen LogP contribution in [0.5, 0.6) is 0 Å². The number of aromatic nitrogens is 4. The van der Waals surface area contributed by atoms with Crippen molar-refractivity contribution < 1.29 is 4.79 Å². The summed E-state index contributed by atoms with van der Waals surface area (Å²) >= 11 is 6.63. The minimum absolute atomic E-state index is 0.0119. The highest BCUT2D eigenvalue weighted by molar-refractivity contribution is 9.10. The number of aryl methyl sites for hydroxylation is 1. The normalized spacial score (nSPS) is 10.6. The molecule has 2 aromatic heterocycles. The lowest BCUT2D eigenvalue weighted by Crippen LogP contribution is -2.28. The van der Waals surface area contributed by atoms with Crippen LogP contribution in [0.3, 0.4) is 0 Å². The van der Waals surface area contributed by atoms with E-state index < -0.39 is 0 Å². The third-order valence-corrected chi connectivity index (χ3v) is 3.25. The molecule has 0 atom stereocenters. The molecular formula is C11H13Br2N5O. The van der Waals surface area contributed by atoms with E-state index in [2.05, 4.69) is 47.4 Å². The molecule has 1 N–H and O–H groups in total. The third-order valence-electron chi connectivity index (χ3n) is 2.43. The second-order valence-electron chi connectivity index (χ2n) is 3.94. The van der Waals surface area contributed by atoms with Crippen molar-refractivity contribution in [2.75, 3.05) is 6.54 Å². The summed E-state index contributed by atoms with van der Waals surface area (Å²) in [5, 5.41) is 11.0. The predicted molar refractivity (Wildman–Crippen MR) is 77.5 cm³/mol. The molecule has 0 aromatic carbocycles. The average Bonchev–Trinajstić information content (AvgIpc) is 2.96. The van der Waals surface area contributed by atoms with Crippen molar-refractivity contribution in [3.63, 3.8) is 0 Å². The highest BCUT2D eigenvalue weighted by Gasteiger charge is 2.03. The lowest BCUT2D eigenvalue weighted by Gasteiger charge is -2.05. The molecule has 2 heterocycles. The number of hydrogen-bond donors (Lipinski definition) is 1. The van der Waals surface area contributed by atoms with Crippen molar-refractivity contribution in [3.8, 4) is 0 Å². The van der Waals surface area contributed by atoms with E-state index in [-0.39, 0.29) is 5.91 Å². The van der Waals surface area contributed by atoms with Gasteiger partial charge in [0.05, 0.1) is 27.9 Å². The molecule has 19 heavy (non-hydrogen) atoms. The molecule has 0 bridgehead atoms. The lowest BCUT2D eigenvalue weighted by atomic mass is 10.4. The SMILES string of the molecule is O=C(CCn1cc(Br)cn1)NCCn1cc(Br)cn1. The molecular weight excluding hydrogens is 378 g/mol. The summed E-state index contributed by atoms with van der Waals surface area (Å²) in [6.07, 6.45) is 7.55. The Labute approximate surface area is 127 Å². The maximum absolute atomic E-state index is 11.6. The largest absolute Gasteiger partial charge is 0.354 e. The molecule has 0 saturated carbocycles. The molecule has 0 saturated heterocycles. The van der Waals surface area contributed by atoms with E-state index in [9.17, 15) is 4.79 Å². The van der Waals surface area contributed by atoms with E-state index in [1.807, 2.05) is 12.4 Å². The van der Waals surface area contributed by atoms with Crippen LogP contribution in [0.1, 0.15) is 6.42 Å². The number of halogens is 2. The number of nitrogens with zero attached hydrogens (tertiary/aromatic N) is 4. The van der Waals surface area contributed by atoms with Gasteiger partial charge in [-0.1, -0.05) is 0 Å². The van der Waals surface area contributed by atoms with Crippen LogP contribution in [0.4, 0.5) is 0 Å². The second kappa shape index (κ2) is 6.85. The Balaban J connectivity index is 1.64. The standard InChI is InChI=1S/C11H13Br2N5O/c12-9-5-15-17(7-9)3-1-11(19)14-2-4-18-8-10(13)6-16-18/h5-8H,1-4H2,(H,14,19). The Hall–Kier alpha value is -1.15. The van der Waals surface area contributed by atoms with E-state index in [0.29, 0.717) is 26.1 Å². The molecule has 8 heteroatoms. The average molecular weight is 391 g/mol. The molecule has 0 fully saturated rings. The lowest BCUT2D eigenvalue weighted by molar-refractivity contribution is -0.121. The van der Waals surface area contributed by atoms with E-state index in [0.717, 1.165) is 8.95 Å². The van der Waals surface area contributed by atoms with Crippen molar-refractivity contribution in [3.05, 3.63) is 33.7 Å². The molecule has 1 amide bonds. The fourth-order valence-electron chi connectivity index (χ4n) is 1.54. The Morgan fingerprint density at radius 1 is 1.11 bits per heavy atom. The summed E-state index contributed by atoms with van der Waals surface area (Å²) < 4.78 is 5.35.